The molecule has 0 saturated carbocycles. The Balaban J connectivity index is 3.36. The fraction of sp³-hybridized carbons (Fsp3) is 0. The monoisotopic (exact) mass is 304 g/mol. The minimum atomic E-state index is -3.78. The molecule has 1 rings (SSSR count). The van der Waals surface area contributed by atoms with E-state index in [2.05, 4.69) is 0 Å². The maximum Gasteiger partial charge on any atom is 0.218 e. The third-order valence-corrected chi connectivity index (χ3v) is 4.97. The first-order valence-corrected chi connectivity index (χ1v) is 6.61. The van der Waals surface area contributed by atoms with Gasteiger partial charge in [0.1, 0.15) is 4.36 Å². The fourth-order valence-electron chi connectivity index (χ4n) is 0.815. The largest absolute Gasteiger partial charge is 0.218 e. The van der Waals surface area contributed by atoms with Gasteiger partial charge in [-0.3, -0.25) is 0 Å². The summed E-state index contributed by atoms with van der Waals surface area (Å²) < 4.78 is 22.8. The smallest absolute Gasteiger partial charge is 0.218 e. The highest BCUT2D eigenvalue weighted by atomic mass is 35.5. The summed E-state index contributed by atoms with van der Waals surface area (Å²) in [7, 11) is -3.78. The standard InChI is InChI=1S/C8H4Cl4O2S/c9-4-8(12)15(13,14)5-1-2-6(10)7(11)3-5/h1-4H. The average Bonchev–Trinajstić information content (AvgIpc) is 2.20. The molecule has 0 aliphatic heterocycles. The number of sulfone groups is 1. The third kappa shape index (κ3) is 2.80. The van der Waals surface area contributed by atoms with Crippen LogP contribution in [0.15, 0.2) is 33.0 Å². The van der Waals surface area contributed by atoms with E-state index in [1.54, 1.807) is 0 Å². The molecule has 0 spiro atoms. The summed E-state index contributed by atoms with van der Waals surface area (Å²) in [6, 6.07) is 3.88. The molecular weight excluding hydrogens is 302 g/mol. The van der Waals surface area contributed by atoms with E-state index in [-0.39, 0.29) is 14.9 Å². The van der Waals surface area contributed by atoms with Crippen LogP contribution in [-0.2, 0) is 9.84 Å². The van der Waals surface area contributed by atoms with Crippen LogP contribution in [0.5, 0.6) is 0 Å². The Bertz CT molecular complexity index is 507. The van der Waals surface area contributed by atoms with Gasteiger partial charge in [-0.15, -0.1) is 0 Å². The van der Waals surface area contributed by atoms with Crippen molar-refractivity contribution < 1.29 is 8.42 Å². The molecule has 2 nitrogen and oxygen atoms in total. The van der Waals surface area contributed by atoms with E-state index in [1.807, 2.05) is 0 Å². The Hall–Kier alpha value is 0.0700. The van der Waals surface area contributed by atoms with Crippen molar-refractivity contribution in [1.82, 2.24) is 0 Å². The van der Waals surface area contributed by atoms with Gasteiger partial charge in [-0.25, -0.2) is 8.42 Å². The Labute approximate surface area is 107 Å². The number of hydrogen-bond acceptors (Lipinski definition) is 2. The normalized spacial score (nSPS) is 12.9. The quantitative estimate of drug-likeness (QED) is 0.826. The van der Waals surface area contributed by atoms with Crippen LogP contribution >= 0.6 is 46.4 Å². The van der Waals surface area contributed by atoms with Crippen molar-refractivity contribution in [2.45, 2.75) is 4.90 Å². The van der Waals surface area contributed by atoms with E-state index in [4.69, 9.17) is 46.4 Å². The van der Waals surface area contributed by atoms with E-state index in [0.29, 0.717) is 0 Å². The maximum absolute atomic E-state index is 11.6. The molecule has 0 aliphatic carbocycles. The second-order valence-electron chi connectivity index (χ2n) is 2.49. The molecule has 1 aromatic carbocycles. The lowest BCUT2D eigenvalue weighted by Gasteiger charge is -2.03. The summed E-state index contributed by atoms with van der Waals surface area (Å²) in [5.41, 5.74) is 0.777. The predicted octanol–water partition coefficient (Wildman–Crippen LogP) is 4.04. The molecule has 0 fully saturated rings. The highest BCUT2D eigenvalue weighted by Crippen LogP contribution is 2.29. The molecule has 0 aromatic heterocycles. The maximum atomic E-state index is 11.6. The van der Waals surface area contributed by atoms with Crippen LogP contribution < -0.4 is 0 Å². The van der Waals surface area contributed by atoms with Gasteiger partial charge in [-0.2, -0.15) is 0 Å². The van der Waals surface area contributed by atoms with Gasteiger partial charge in [0, 0.05) is 5.54 Å². The van der Waals surface area contributed by atoms with Crippen molar-refractivity contribution in [3.63, 3.8) is 0 Å². The van der Waals surface area contributed by atoms with E-state index in [1.165, 1.54) is 18.2 Å². The van der Waals surface area contributed by atoms with Gasteiger partial charge in [0.15, 0.2) is 0 Å². The molecule has 0 saturated heterocycles. The first-order valence-electron chi connectivity index (χ1n) is 3.55. The van der Waals surface area contributed by atoms with Crippen molar-refractivity contribution in [2.75, 3.05) is 0 Å². The van der Waals surface area contributed by atoms with Crippen molar-refractivity contribution in [3.8, 4) is 0 Å². The Kier molecular flexibility index (Phi) is 4.32. The van der Waals surface area contributed by atoms with Crippen molar-refractivity contribution >= 4 is 56.2 Å². The molecule has 0 unspecified atom stereocenters. The van der Waals surface area contributed by atoms with Gasteiger partial charge in [-0.1, -0.05) is 46.4 Å². The number of halogens is 4. The Morgan fingerprint density at radius 2 is 1.80 bits per heavy atom. The van der Waals surface area contributed by atoms with Crippen LogP contribution in [-0.4, -0.2) is 8.42 Å². The zero-order chi connectivity index (χ0) is 11.6. The molecule has 15 heavy (non-hydrogen) atoms. The summed E-state index contributed by atoms with van der Waals surface area (Å²) in [6.07, 6.45) is 0. The molecule has 0 atom stereocenters. The van der Waals surface area contributed by atoms with E-state index in [0.717, 1.165) is 5.54 Å². The molecular formula is C8H4Cl4O2S. The number of rotatable bonds is 2. The molecule has 7 heteroatoms. The molecule has 1 aromatic rings. The lowest BCUT2D eigenvalue weighted by atomic mass is 10.4. The van der Waals surface area contributed by atoms with Crippen LogP contribution in [0.2, 0.25) is 10.0 Å². The zero-order valence-electron chi connectivity index (χ0n) is 7.05. The van der Waals surface area contributed by atoms with Crippen molar-refractivity contribution in [2.24, 2.45) is 0 Å². The van der Waals surface area contributed by atoms with Gasteiger partial charge in [0.2, 0.25) is 9.84 Å². The van der Waals surface area contributed by atoms with Gasteiger partial charge < -0.3 is 0 Å². The molecule has 0 N–H and O–H groups in total. The van der Waals surface area contributed by atoms with E-state index < -0.39 is 14.2 Å². The van der Waals surface area contributed by atoms with Gasteiger partial charge in [0.05, 0.1) is 14.9 Å². The first-order chi connectivity index (χ1) is 6.89. The highest BCUT2D eigenvalue weighted by Gasteiger charge is 2.19. The molecule has 0 bridgehead atoms. The molecule has 82 valence electrons. The van der Waals surface area contributed by atoms with Crippen LogP contribution in [0.4, 0.5) is 0 Å². The number of benzene rings is 1. The van der Waals surface area contributed by atoms with Crippen LogP contribution in [0.25, 0.3) is 0 Å². The molecule has 0 heterocycles. The lowest BCUT2D eigenvalue weighted by molar-refractivity contribution is 0.604. The predicted molar refractivity (Wildman–Crippen MR) is 63.4 cm³/mol. The summed E-state index contributed by atoms with van der Waals surface area (Å²) in [4.78, 5) is -0.0567. The molecule has 0 radical (unpaired) electrons. The second kappa shape index (κ2) is 4.93. The molecule has 0 aliphatic rings. The summed E-state index contributed by atoms with van der Waals surface area (Å²) >= 11 is 22.0. The minimum absolute atomic E-state index is 0.0567. The SMILES string of the molecule is O=S(=O)(C(Cl)=CCl)c1ccc(Cl)c(Cl)c1. The minimum Gasteiger partial charge on any atom is -0.218 e. The van der Waals surface area contributed by atoms with Gasteiger partial charge in [0.25, 0.3) is 0 Å². The first kappa shape index (κ1) is 13.1. The van der Waals surface area contributed by atoms with Crippen molar-refractivity contribution in [1.29, 1.82) is 0 Å². The lowest BCUT2D eigenvalue weighted by Crippen LogP contribution is -2.00. The highest BCUT2D eigenvalue weighted by molar-refractivity contribution is 7.97. The van der Waals surface area contributed by atoms with Crippen LogP contribution in [0.1, 0.15) is 0 Å². The summed E-state index contributed by atoms with van der Waals surface area (Å²) in [6.45, 7) is 0. The summed E-state index contributed by atoms with van der Waals surface area (Å²) in [5, 5.41) is 0.401. The third-order valence-electron chi connectivity index (χ3n) is 1.54. The Morgan fingerprint density at radius 3 is 2.27 bits per heavy atom. The number of hydrogen-bond donors (Lipinski definition) is 0. The van der Waals surface area contributed by atoms with Gasteiger partial charge in [-0.05, 0) is 18.2 Å². The zero-order valence-corrected chi connectivity index (χ0v) is 10.9. The van der Waals surface area contributed by atoms with Crippen molar-refractivity contribution in [3.05, 3.63) is 38.1 Å². The van der Waals surface area contributed by atoms with Crippen LogP contribution in [0.3, 0.4) is 0 Å². The summed E-state index contributed by atoms with van der Waals surface area (Å²) in [5.74, 6) is 0. The second-order valence-corrected chi connectivity index (χ2v) is 6.07. The van der Waals surface area contributed by atoms with Gasteiger partial charge >= 0.3 is 0 Å². The van der Waals surface area contributed by atoms with E-state index >= 15 is 0 Å². The fourth-order valence-corrected chi connectivity index (χ4v) is 2.66. The topological polar surface area (TPSA) is 34.1 Å². The Morgan fingerprint density at radius 1 is 1.20 bits per heavy atom. The molecule has 0 amide bonds. The van der Waals surface area contributed by atoms with E-state index in [9.17, 15) is 8.42 Å². The van der Waals surface area contributed by atoms with Crippen LogP contribution in [0, 0.1) is 0 Å². The average molecular weight is 306 g/mol.